The lowest BCUT2D eigenvalue weighted by Gasteiger charge is -2.14. The summed E-state index contributed by atoms with van der Waals surface area (Å²) < 4.78 is 95.1. The maximum atomic E-state index is 13.4. The lowest BCUT2D eigenvalue weighted by molar-refractivity contribution is -0.0500. The van der Waals surface area contributed by atoms with E-state index in [0.29, 0.717) is 11.8 Å². The summed E-state index contributed by atoms with van der Waals surface area (Å²) in [6.45, 7) is 0. The van der Waals surface area contributed by atoms with Crippen LogP contribution < -0.4 is 8.92 Å². The third kappa shape index (κ3) is 3.58. The predicted octanol–water partition coefficient (Wildman–Crippen LogP) is 3.87. The monoisotopic (exact) mass is 368 g/mol. The van der Waals surface area contributed by atoms with E-state index in [9.17, 15) is 30.4 Å². The number of hydrogen-bond donors (Lipinski definition) is 0. The molecule has 0 spiro atoms. The van der Waals surface area contributed by atoms with Gasteiger partial charge in [0.1, 0.15) is 5.75 Å². The van der Waals surface area contributed by atoms with Crippen molar-refractivity contribution in [3.63, 3.8) is 0 Å². The molecule has 0 aliphatic rings. The average Bonchev–Trinajstić information content (AvgIpc) is 2.49. The number of alkyl halides is 3. The first kappa shape index (κ1) is 18.0. The highest BCUT2D eigenvalue weighted by Crippen LogP contribution is 2.36. The Morgan fingerprint density at radius 1 is 0.958 bits per heavy atom. The van der Waals surface area contributed by atoms with E-state index in [1.165, 1.54) is 31.4 Å². The van der Waals surface area contributed by atoms with Crippen molar-refractivity contribution in [3.8, 4) is 22.6 Å². The maximum Gasteiger partial charge on any atom is 0.534 e. The highest BCUT2D eigenvalue weighted by molar-refractivity contribution is 7.88. The van der Waals surface area contributed by atoms with Crippen LogP contribution in [-0.2, 0) is 10.1 Å². The topological polar surface area (TPSA) is 52.6 Å². The highest BCUT2D eigenvalue weighted by atomic mass is 32.2. The normalized spacial score (nSPS) is 12.1. The third-order valence-corrected chi connectivity index (χ3v) is 3.87. The number of methoxy groups -OCH3 is 1. The lowest BCUT2D eigenvalue weighted by Crippen LogP contribution is -2.28. The number of rotatable bonds is 4. The second kappa shape index (κ2) is 6.27. The molecular formula is C14H9F5O4S. The number of benzene rings is 2. The van der Waals surface area contributed by atoms with Gasteiger partial charge in [-0.1, -0.05) is 12.1 Å². The first-order chi connectivity index (χ1) is 11.0. The van der Waals surface area contributed by atoms with Crippen LogP contribution in [0.25, 0.3) is 11.1 Å². The van der Waals surface area contributed by atoms with Crippen molar-refractivity contribution in [2.45, 2.75) is 5.51 Å². The number of halogens is 5. The maximum absolute atomic E-state index is 13.4. The minimum absolute atomic E-state index is 0.0991. The van der Waals surface area contributed by atoms with Crippen LogP contribution in [0.1, 0.15) is 0 Å². The second-order valence-corrected chi connectivity index (χ2v) is 6.01. The standard InChI is InChI=1S/C14H9F5O4S/c1-22-9-4-2-8(3-5-9)10-6-11(15)12(16)7-13(10)23-24(20,21)14(17,18)19/h2-7H,1H3. The molecule has 0 aromatic heterocycles. The van der Waals surface area contributed by atoms with E-state index >= 15 is 0 Å². The molecule has 0 bridgehead atoms. The molecule has 0 aliphatic heterocycles. The van der Waals surface area contributed by atoms with Crippen molar-refractivity contribution < 1.29 is 39.3 Å². The molecule has 0 unspecified atom stereocenters. The predicted molar refractivity (Wildman–Crippen MR) is 73.9 cm³/mol. The molecule has 4 nitrogen and oxygen atoms in total. The summed E-state index contributed by atoms with van der Waals surface area (Å²) in [5.74, 6) is -3.53. The molecule has 2 aromatic carbocycles. The fourth-order valence-corrected chi connectivity index (χ4v) is 2.23. The number of hydrogen-bond acceptors (Lipinski definition) is 4. The van der Waals surface area contributed by atoms with Gasteiger partial charge in [0.15, 0.2) is 17.4 Å². The van der Waals surface area contributed by atoms with Crippen molar-refractivity contribution in [3.05, 3.63) is 48.0 Å². The Kier molecular flexibility index (Phi) is 4.70. The van der Waals surface area contributed by atoms with Gasteiger partial charge in [-0.25, -0.2) is 8.78 Å². The van der Waals surface area contributed by atoms with Gasteiger partial charge in [-0.3, -0.25) is 0 Å². The molecule has 0 amide bonds. The number of ether oxygens (including phenoxy) is 1. The van der Waals surface area contributed by atoms with Gasteiger partial charge in [0.05, 0.1) is 7.11 Å². The smallest absolute Gasteiger partial charge is 0.497 e. The Labute approximate surface area is 133 Å². The van der Waals surface area contributed by atoms with Crippen molar-refractivity contribution in [2.24, 2.45) is 0 Å². The zero-order chi connectivity index (χ0) is 18.1. The summed E-state index contributed by atoms with van der Waals surface area (Å²) >= 11 is 0. The molecular weight excluding hydrogens is 359 g/mol. The molecule has 10 heteroatoms. The molecule has 2 rings (SSSR count). The second-order valence-electron chi connectivity index (χ2n) is 4.47. The zero-order valence-electron chi connectivity index (χ0n) is 11.9. The van der Waals surface area contributed by atoms with Crippen LogP contribution in [-0.4, -0.2) is 21.0 Å². The first-order valence-electron chi connectivity index (χ1n) is 6.19. The molecule has 0 atom stereocenters. The summed E-state index contributed by atoms with van der Waals surface area (Å²) in [5, 5.41) is 0. The average molecular weight is 368 g/mol. The van der Waals surface area contributed by atoms with Gasteiger partial charge in [0.25, 0.3) is 0 Å². The van der Waals surface area contributed by atoms with E-state index < -0.39 is 33.0 Å². The van der Waals surface area contributed by atoms with Gasteiger partial charge in [-0.05, 0) is 23.8 Å². The van der Waals surface area contributed by atoms with Crippen molar-refractivity contribution in [2.75, 3.05) is 7.11 Å². The Bertz CT molecular complexity index is 845. The van der Waals surface area contributed by atoms with Gasteiger partial charge in [-0.2, -0.15) is 21.6 Å². The van der Waals surface area contributed by atoms with E-state index in [1.807, 2.05) is 0 Å². The summed E-state index contributed by atoms with van der Waals surface area (Å²) in [5.41, 5.74) is -5.99. The van der Waals surface area contributed by atoms with Crippen LogP contribution in [0.15, 0.2) is 36.4 Å². The van der Waals surface area contributed by atoms with Gasteiger partial charge < -0.3 is 8.92 Å². The van der Waals surface area contributed by atoms with Gasteiger partial charge in [-0.15, -0.1) is 0 Å². The molecule has 0 aliphatic carbocycles. The fourth-order valence-electron chi connectivity index (χ4n) is 1.76. The Morgan fingerprint density at radius 3 is 2.00 bits per heavy atom. The Morgan fingerprint density at radius 2 is 1.50 bits per heavy atom. The van der Waals surface area contributed by atoms with Gasteiger partial charge in [0.2, 0.25) is 0 Å². The van der Waals surface area contributed by atoms with Crippen LogP contribution in [0.3, 0.4) is 0 Å². The molecule has 0 N–H and O–H groups in total. The zero-order valence-corrected chi connectivity index (χ0v) is 12.7. The van der Waals surface area contributed by atoms with E-state index in [2.05, 4.69) is 4.18 Å². The minimum atomic E-state index is -6.04. The quantitative estimate of drug-likeness (QED) is 0.467. The summed E-state index contributed by atoms with van der Waals surface area (Å²) in [7, 11) is -4.67. The van der Waals surface area contributed by atoms with E-state index in [1.54, 1.807) is 0 Å². The van der Waals surface area contributed by atoms with E-state index in [-0.39, 0.29) is 17.2 Å². The van der Waals surface area contributed by atoms with Crippen LogP contribution >= 0.6 is 0 Å². The van der Waals surface area contributed by atoms with Crippen molar-refractivity contribution >= 4 is 10.1 Å². The van der Waals surface area contributed by atoms with Crippen molar-refractivity contribution in [1.82, 2.24) is 0 Å². The largest absolute Gasteiger partial charge is 0.534 e. The lowest BCUT2D eigenvalue weighted by atomic mass is 10.0. The summed E-state index contributed by atoms with van der Waals surface area (Å²) in [6.07, 6.45) is 0. The SMILES string of the molecule is COc1ccc(-c2cc(F)c(F)cc2OS(=O)(=O)C(F)(F)F)cc1. The van der Waals surface area contributed by atoms with Crippen LogP contribution in [0.4, 0.5) is 22.0 Å². The first-order valence-corrected chi connectivity index (χ1v) is 7.60. The van der Waals surface area contributed by atoms with Crippen LogP contribution in [0, 0.1) is 11.6 Å². The highest BCUT2D eigenvalue weighted by Gasteiger charge is 2.49. The summed E-state index contributed by atoms with van der Waals surface area (Å²) in [6, 6.07) is 6.21. The van der Waals surface area contributed by atoms with Crippen LogP contribution in [0.5, 0.6) is 11.5 Å². The van der Waals surface area contributed by atoms with Crippen LogP contribution in [0.2, 0.25) is 0 Å². The molecule has 0 saturated carbocycles. The minimum Gasteiger partial charge on any atom is -0.497 e. The van der Waals surface area contributed by atoms with Gasteiger partial charge >= 0.3 is 15.6 Å². The molecule has 24 heavy (non-hydrogen) atoms. The fraction of sp³-hybridized carbons (Fsp3) is 0.143. The molecule has 0 saturated heterocycles. The van der Waals surface area contributed by atoms with Gasteiger partial charge in [0, 0.05) is 11.6 Å². The molecule has 0 radical (unpaired) electrons. The molecule has 130 valence electrons. The molecule has 0 fully saturated rings. The van der Waals surface area contributed by atoms with E-state index in [4.69, 9.17) is 4.74 Å². The third-order valence-electron chi connectivity index (χ3n) is 2.91. The Hall–Kier alpha value is -2.36. The Balaban J connectivity index is 2.57. The van der Waals surface area contributed by atoms with Crippen molar-refractivity contribution in [1.29, 1.82) is 0 Å². The molecule has 2 aromatic rings. The van der Waals surface area contributed by atoms with E-state index in [0.717, 1.165) is 0 Å². The molecule has 0 heterocycles. The summed E-state index contributed by atoms with van der Waals surface area (Å²) in [4.78, 5) is 0.